The highest BCUT2D eigenvalue weighted by Crippen LogP contribution is 2.14. The quantitative estimate of drug-likeness (QED) is 0.588. The largest absolute Gasteiger partial charge is 0.596 e. The Morgan fingerprint density at radius 2 is 2.33 bits per heavy atom. The SMILES string of the molecule is CCn1c2cc(C(=O)O)ccc2c[n+]1[O-]. The molecule has 2 rings (SSSR count). The zero-order valence-electron chi connectivity index (χ0n) is 8.17. The second-order valence-corrected chi connectivity index (χ2v) is 3.23. The molecule has 1 heterocycles. The minimum absolute atomic E-state index is 0.191. The number of carboxylic acids is 1. The van der Waals surface area contributed by atoms with Gasteiger partial charge in [-0.25, -0.2) is 4.79 Å². The van der Waals surface area contributed by atoms with Crippen molar-refractivity contribution in [3.8, 4) is 0 Å². The van der Waals surface area contributed by atoms with Crippen molar-refractivity contribution >= 4 is 16.9 Å². The van der Waals surface area contributed by atoms with Crippen LogP contribution in [0.4, 0.5) is 0 Å². The van der Waals surface area contributed by atoms with Gasteiger partial charge < -0.3 is 10.3 Å². The first kappa shape index (κ1) is 9.51. The third-order valence-corrected chi connectivity index (χ3v) is 2.34. The van der Waals surface area contributed by atoms with Crippen molar-refractivity contribution in [2.75, 3.05) is 0 Å². The average molecular weight is 206 g/mol. The van der Waals surface area contributed by atoms with E-state index in [1.807, 2.05) is 6.92 Å². The maximum Gasteiger partial charge on any atom is 0.335 e. The summed E-state index contributed by atoms with van der Waals surface area (Å²) in [5.41, 5.74) is 0.836. The highest BCUT2D eigenvalue weighted by Gasteiger charge is 2.12. The standard InChI is InChI=1S/C10H10N2O3/c1-2-11-9-5-7(10(13)14)3-4-8(9)6-12(11)15/h3-6H,2H2,1H3,(H,13,14). The predicted octanol–water partition coefficient (Wildman–Crippen LogP) is 0.993. The van der Waals surface area contributed by atoms with Crippen LogP contribution in [0.25, 0.3) is 10.9 Å². The number of aromatic carboxylic acids is 1. The van der Waals surface area contributed by atoms with Crippen molar-refractivity contribution in [1.82, 2.24) is 4.68 Å². The van der Waals surface area contributed by atoms with E-state index >= 15 is 0 Å². The molecule has 2 aromatic rings. The number of hydrogen-bond donors (Lipinski definition) is 1. The molecule has 0 unspecified atom stereocenters. The minimum Gasteiger partial charge on any atom is -0.596 e. The molecule has 5 nitrogen and oxygen atoms in total. The molecule has 5 heteroatoms. The van der Waals surface area contributed by atoms with Crippen molar-refractivity contribution in [3.05, 3.63) is 35.2 Å². The number of hydrogen-bond acceptors (Lipinski definition) is 2. The summed E-state index contributed by atoms with van der Waals surface area (Å²) < 4.78 is 1.47. The normalized spacial score (nSPS) is 10.7. The van der Waals surface area contributed by atoms with Gasteiger partial charge in [-0.3, -0.25) is 0 Å². The number of aryl methyl sites for hydroxylation is 1. The predicted molar refractivity (Wildman–Crippen MR) is 53.5 cm³/mol. The van der Waals surface area contributed by atoms with Crippen molar-refractivity contribution in [2.24, 2.45) is 0 Å². The molecule has 0 aliphatic rings. The van der Waals surface area contributed by atoms with Crippen LogP contribution in [0.15, 0.2) is 24.4 Å². The molecule has 0 bridgehead atoms. The first-order chi connectivity index (χ1) is 7.13. The summed E-state index contributed by atoms with van der Waals surface area (Å²) in [7, 11) is 0. The van der Waals surface area contributed by atoms with E-state index in [-0.39, 0.29) is 5.56 Å². The molecule has 0 spiro atoms. The van der Waals surface area contributed by atoms with Crippen LogP contribution in [0.1, 0.15) is 17.3 Å². The fourth-order valence-electron chi connectivity index (χ4n) is 1.61. The Labute approximate surface area is 85.7 Å². The van der Waals surface area contributed by atoms with Crippen LogP contribution < -0.4 is 4.85 Å². The number of aromatic nitrogens is 2. The Bertz CT molecular complexity index is 531. The lowest BCUT2D eigenvalue weighted by Gasteiger charge is -2.00. The number of benzene rings is 1. The highest BCUT2D eigenvalue weighted by atomic mass is 16.5. The molecule has 1 N–H and O–H groups in total. The van der Waals surface area contributed by atoms with Crippen LogP contribution in [0.5, 0.6) is 0 Å². The second kappa shape index (κ2) is 3.27. The van der Waals surface area contributed by atoms with Gasteiger partial charge in [-0.05, 0) is 25.1 Å². The van der Waals surface area contributed by atoms with Crippen LogP contribution in [0.2, 0.25) is 0 Å². The van der Waals surface area contributed by atoms with Gasteiger partial charge in [0.15, 0.2) is 0 Å². The van der Waals surface area contributed by atoms with Crippen LogP contribution >= 0.6 is 0 Å². The van der Waals surface area contributed by atoms with Gasteiger partial charge in [-0.15, -0.1) is 4.68 Å². The molecule has 0 radical (unpaired) electrons. The van der Waals surface area contributed by atoms with E-state index in [1.54, 1.807) is 6.07 Å². The molecule has 15 heavy (non-hydrogen) atoms. The summed E-state index contributed by atoms with van der Waals surface area (Å²) in [5.74, 6) is -0.988. The van der Waals surface area contributed by atoms with E-state index in [0.717, 1.165) is 10.2 Å². The van der Waals surface area contributed by atoms with Gasteiger partial charge in [0.05, 0.1) is 17.5 Å². The van der Waals surface area contributed by atoms with Gasteiger partial charge in [0.2, 0.25) is 6.20 Å². The first-order valence-electron chi connectivity index (χ1n) is 4.59. The van der Waals surface area contributed by atoms with Gasteiger partial charge in [0, 0.05) is 0 Å². The highest BCUT2D eigenvalue weighted by molar-refractivity contribution is 5.92. The number of carbonyl (C=O) groups is 1. The molecule has 0 saturated heterocycles. The third kappa shape index (κ3) is 1.41. The molecule has 0 saturated carbocycles. The summed E-state index contributed by atoms with van der Waals surface area (Å²) >= 11 is 0. The summed E-state index contributed by atoms with van der Waals surface area (Å²) in [6.07, 6.45) is 1.43. The zero-order valence-corrected chi connectivity index (χ0v) is 8.17. The maximum absolute atomic E-state index is 11.4. The van der Waals surface area contributed by atoms with Crippen LogP contribution in [0, 0.1) is 5.21 Å². The fraction of sp³-hybridized carbons (Fsp3) is 0.200. The molecule has 0 amide bonds. The second-order valence-electron chi connectivity index (χ2n) is 3.23. The van der Waals surface area contributed by atoms with E-state index in [9.17, 15) is 10.0 Å². The summed E-state index contributed by atoms with van der Waals surface area (Å²) in [6, 6.07) is 4.64. The van der Waals surface area contributed by atoms with Gasteiger partial charge in [0.1, 0.15) is 5.52 Å². The van der Waals surface area contributed by atoms with E-state index < -0.39 is 5.97 Å². The number of fused-ring (bicyclic) bond motifs is 1. The number of nitrogens with zero attached hydrogens (tertiary/aromatic N) is 2. The molecule has 1 aromatic heterocycles. The summed E-state index contributed by atoms with van der Waals surface area (Å²) in [4.78, 5) is 11.5. The Morgan fingerprint density at radius 1 is 1.60 bits per heavy atom. The van der Waals surface area contributed by atoms with E-state index in [1.165, 1.54) is 23.0 Å². The van der Waals surface area contributed by atoms with E-state index in [2.05, 4.69) is 0 Å². The van der Waals surface area contributed by atoms with Gasteiger partial charge in [-0.1, -0.05) is 4.85 Å². The Morgan fingerprint density at radius 3 is 2.93 bits per heavy atom. The summed E-state index contributed by atoms with van der Waals surface area (Å²) in [5, 5.41) is 21.0. The van der Waals surface area contributed by atoms with Crippen molar-refractivity contribution < 1.29 is 14.7 Å². The van der Waals surface area contributed by atoms with Crippen LogP contribution in [0.3, 0.4) is 0 Å². The van der Waals surface area contributed by atoms with Crippen molar-refractivity contribution in [1.29, 1.82) is 0 Å². The van der Waals surface area contributed by atoms with Crippen molar-refractivity contribution in [3.63, 3.8) is 0 Å². The molecule has 0 fully saturated rings. The topological polar surface area (TPSA) is 69.2 Å². The molecule has 0 atom stereocenters. The van der Waals surface area contributed by atoms with Crippen LogP contribution in [-0.2, 0) is 6.54 Å². The smallest absolute Gasteiger partial charge is 0.335 e. The summed E-state index contributed by atoms with van der Waals surface area (Å²) in [6.45, 7) is 2.34. The molecular weight excluding hydrogens is 196 g/mol. The Kier molecular flexibility index (Phi) is 2.07. The number of rotatable bonds is 2. The molecule has 78 valence electrons. The van der Waals surface area contributed by atoms with Gasteiger partial charge >= 0.3 is 5.97 Å². The molecule has 0 aliphatic carbocycles. The third-order valence-electron chi connectivity index (χ3n) is 2.34. The van der Waals surface area contributed by atoms with Gasteiger partial charge in [-0.2, -0.15) is 0 Å². The molecule has 0 aliphatic heterocycles. The molecule has 1 aromatic carbocycles. The van der Waals surface area contributed by atoms with Crippen molar-refractivity contribution in [2.45, 2.75) is 13.5 Å². The fourth-order valence-corrected chi connectivity index (χ4v) is 1.61. The lowest BCUT2D eigenvalue weighted by Crippen LogP contribution is -2.35. The Hall–Kier alpha value is -2.04. The van der Waals surface area contributed by atoms with Gasteiger partial charge in [0.25, 0.3) is 0 Å². The Balaban J connectivity index is 2.73. The number of carboxylic acid groups (broad SMARTS) is 1. The van der Waals surface area contributed by atoms with E-state index in [4.69, 9.17) is 5.11 Å². The molecular formula is C10H10N2O3. The lowest BCUT2D eigenvalue weighted by molar-refractivity contribution is -0.691. The van der Waals surface area contributed by atoms with Crippen LogP contribution in [-0.4, -0.2) is 15.8 Å². The minimum atomic E-state index is -0.988. The van der Waals surface area contributed by atoms with E-state index in [0.29, 0.717) is 12.1 Å². The maximum atomic E-state index is 11.4. The zero-order chi connectivity index (χ0) is 11.0. The first-order valence-corrected chi connectivity index (χ1v) is 4.59. The lowest BCUT2D eigenvalue weighted by atomic mass is 10.2. The average Bonchev–Trinajstić information content (AvgIpc) is 2.51. The monoisotopic (exact) mass is 206 g/mol.